The molecule has 1 aliphatic rings. The van der Waals surface area contributed by atoms with Crippen molar-refractivity contribution in [2.45, 2.75) is 64.5 Å². The summed E-state index contributed by atoms with van der Waals surface area (Å²) >= 11 is 0. The van der Waals surface area contributed by atoms with Crippen molar-refractivity contribution >= 4 is 5.91 Å². The van der Waals surface area contributed by atoms with E-state index in [0.717, 1.165) is 12.3 Å². The number of amides is 1. The van der Waals surface area contributed by atoms with Gasteiger partial charge in [-0.15, -0.1) is 0 Å². The summed E-state index contributed by atoms with van der Waals surface area (Å²) in [6, 6.07) is 0.415. The Balaban J connectivity index is 2.27. The molecule has 0 bridgehead atoms. The lowest BCUT2D eigenvalue weighted by Gasteiger charge is -2.33. The zero-order valence-corrected chi connectivity index (χ0v) is 12.7. The molecule has 1 fully saturated rings. The van der Waals surface area contributed by atoms with Gasteiger partial charge < -0.3 is 15.4 Å². The van der Waals surface area contributed by atoms with Crippen molar-refractivity contribution in [1.82, 2.24) is 10.6 Å². The van der Waals surface area contributed by atoms with Gasteiger partial charge in [0.15, 0.2) is 0 Å². The van der Waals surface area contributed by atoms with Crippen molar-refractivity contribution < 1.29 is 9.53 Å². The number of methoxy groups -OCH3 is 1. The zero-order chi connectivity index (χ0) is 14.1. The molecule has 3 atom stereocenters. The first-order valence-electron chi connectivity index (χ1n) is 7.71. The van der Waals surface area contributed by atoms with Crippen molar-refractivity contribution in [1.29, 1.82) is 0 Å². The average molecular weight is 270 g/mol. The molecule has 0 saturated heterocycles. The van der Waals surface area contributed by atoms with Crippen LogP contribution >= 0.6 is 0 Å². The van der Waals surface area contributed by atoms with Crippen LogP contribution in [-0.4, -0.2) is 38.3 Å². The first-order valence-corrected chi connectivity index (χ1v) is 7.71. The minimum Gasteiger partial charge on any atom is -0.385 e. The molecule has 1 rings (SSSR count). The third-order valence-corrected chi connectivity index (χ3v) is 4.12. The van der Waals surface area contributed by atoms with E-state index in [9.17, 15) is 4.79 Å². The highest BCUT2D eigenvalue weighted by atomic mass is 16.5. The van der Waals surface area contributed by atoms with Crippen LogP contribution in [0.15, 0.2) is 0 Å². The van der Waals surface area contributed by atoms with E-state index < -0.39 is 0 Å². The second-order valence-corrected chi connectivity index (χ2v) is 5.59. The highest BCUT2D eigenvalue weighted by molar-refractivity contribution is 5.81. The number of carbonyl (C=O) groups is 1. The van der Waals surface area contributed by atoms with Gasteiger partial charge in [-0.3, -0.25) is 4.79 Å². The molecule has 112 valence electrons. The van der Waals surface area contributed by atoms with Crippen molar-refractivity contribution in [2.24, 2.45) is 5.92 Å². The fourth-order valence-corrected chi connectivity index (χ4v) is 2.89. The number of ether oxygens (including phenoxy) is 1. The molecule has 0 aromatic rings. The van der Waals surface area contributed by atoms with Gasteiger partial charge in [-0.05, 0) is 32.1 Å². The van der Waals surface area contributed by atoms with Crippen LogP contribution in [0.4, 0.5) is 0 Å². The molecule has 4 nitrogen and oxygen atoms in total. The Bertz CT molecular complexity index is 259. The van der Waals surface area contributed by atoms with E-state index in [1.165, 1.54) is 32.1 Å². The first kappa shape index (κ1) is 16.4. The SMILES string of the molecule is CCC1CCCCC1NC(C)C(=O)NCCCOC. The Kier molecular flexibility index (Phi) is 8.07. The lowest BCUT2D eigenvalue weighted by molar-refractivity contribution is -0.123. The van der Waals surface area contributed by atoms with E-state index in [4.69, 9.17) is 4.74 Å². The third-order valence-electron chi connectivity index (χ3n) is 4.12. The standard InChI is InChI=1S/C15H30N2O2/c1-4-13-8-5-6-9-14(13)17-12(2)15(18)16-10-7-11-19-3/h12-14,17H,4-11H2,1-3H3,(H,16,18). The number of hydrogen-bond acceptors (Lipinski definition) is 3. The van der Waals surface area contributed by atoms with Gasteiger partial charge in [0.25, 0.3) is 0 Å². The van der Waals surface area contributed by atoms with Crippen LogP contribution in [0, 0.1) is 5.92 Å². The summed E-state index contributed by atoms with van der Waals surface area (Å²) in [5.41, 5.74) is 0. The van der Waals surface area contributed by atoms with Crippen molar-refractivity contribution in [3.8, 4) is 0 Å². The van der Waals surface area contributed by atoms with E-state index in [-0.39, 0.29) is 11.9 Å². The Labute approximate surface area is 117 Å². The Hall–Kier alpha value is -0.610. The van der Waals surface area contributed by atoms with Crippen LogP contribution in [-0.2, 0) is 9.53 Å². The Morgan fingerprint density at radius 1 is 1.37 bits per heavy atom. The molecule has 19 heavy (non-hydrogen) atoms. The second-order valence-electron chi connectivity index (χ2n) is 5.59. The molecule has 0 aromatic heterocycles. The summed E-state index contributed by atoms with van der Waals surface area (Å²) in [6.45, 7) is 5.61. The molecule has 3 unspecified atom stereocenters. The lowest BCUT2D eigenvalue weighted by atomic mass is 9.82. The molecule has 0 spiro atoms. The minimum absolute atomic E-state index is 0.0975. The van der Waals surface area contributed by atoms with Gasteiger partial charge in [0, 0.05) is 26.3 Å². The topological polar surface area (TPSA) is 50.4 Å². The predicted octanol–water partition coefficient (Wildman–Crippen LogP) is 2.09. The summed E-state index contributed by atoms with van der Waals surface area (Å²) in [6.07, 6.45) is 7.22. The number of hydrogen-bond donors (Lipinski definition) is 2. The third kappa shape index (κ3) is 5.91. The fourth-order valence-electron chi connectivity index (χ4n) is 2.89. The zero-order valence-electron chi connectivity index (χ0n) is 12.7. The van der Waals surface area contributed by atoms with Crippen LogP contribution in [0.3, 0.4) is 0 Å². The number of rotatable bonds is 8. The highest BCUT2D eigenvalue weighted by Gasteiger charge is 2.26. The largest absolute Gasteiger partial charge is 0.385 e. The predicted molar refractivity (Wildman–Crippen MR) is 78.1 cm³/mol. The van der Waals surface area contributed by atoms with Gasteiger partial charge in [0.05, 0.1) is 6.04 Å². The molecule has 4 heteroatoms. The van der Waals surface area contributed by atoms with Crippen molar-refractivity contribution in [3.63, 3.8) is 0 Å². The molecule has 0 radical (unpaired) electrons. The fraction of sp³-hybridized carbons (Fsp3) is 0.933. The molecule has 1 saturated carbocycles. The van der Waals surface area contributed by atoms with Crippen molar-refractivity contribution in [3.05, 3.63) is 0 Å². The number of carbonyl (C=O) groups excluding carboxylic acids is 1. The van der Waals surface area contributed by atoms with E-state index >= 15 is 0 Å². The first-order chi connectivity index (χ1) is 9.19. The van der Waals surface area contributed by atoms with Gasteiger partial charge >= 0.3 is 0 Å². The van der Waals surface area contributed by atoms with Crippen LogP contribution in [0.5, 0.6) is 0 Å². The normalized spacial score (nSPS) is 25.0. The van der Waals surface area contributed by atoms with Crippen LogP contribution in [0.2, 0.25) is 0 Å². The van der Waals surface area contributed by atoms with Gasteiger partial charge in [-0.25, -0.2) is 0 Å². The Morgan fingerprint density at radius 2 is 2.11 bits per heavy atom. The number of nitrogens with one attached hydrogen (secondary N) is 2. The maximum absolute atomic E-state index is 12.0. The molecule has 2 N–H and O–H groups in total. The summed E-state index contributed by atoms with van der Waals surface area (Å²) in [7, 11) is 1.68. The maximum atomic E-state index is 12.0. The van der Waals surface area contributed by atoms with Gasteiger partial charge in [0.2, 0.25) is 5.91 Å². The van der Waals surface area contributed by atoms with Crippen LogP contribution in [0.25, 0.3) is 0 Å². The van der Waals surface area contributed by atoms with Gasteiger partial charge in [-0.1, -0.05) is 26.2 Å². The monoisotopic (exact) mass is 270 g/mol. The quantitative estimate of drug-likeness (QED) is 0.664. The second kappa shape index (κ2) is 9.32. The van der Waals surface area contributed by atoms with E-state index in [1.54, 1.807) is 7.11 Å². The maximum Gasteiger partial charge on any atom is 0.236 e. The smallest absolute Gasteiger partial charge is 0.236 e. The molecule has 0 heterocycles. The van der Waals surface area contributed by atoms with Crippen LogP contribution < -0.4 is 10.6 Å². The van der Waals surface area contributed by atoms with Gasteiger partial charge in [0.1, 0.15) is 0 Å². The van der Waals surface area contributed by atoms with Crippen molar-refractivity contribution in [2.75, 3.05) is 20.3 Å². The van der Waals surface area contributed by atoms with E-state index in [0.29, 0.717) is 19.2 Å². The van der Waals surface area contributed by atoms with Gasteiger partial charge in [-0.2, -0.15) is 0 Å². The van der Waals surface area contributed by atoms with Crippen LogP contribution in [0.1, 0.15) is 52.4 Å². The molecule has 0 aromatic carbocycles. The molecule has 1 aliphatic carbocycles. The molecular formula is C15H30N2O2. The minimum atomic E-state index is -0.0975. The summed E-state index contributed by atoms with van der Waals surface area (Å²) in [5, 5.41) is 6.48. The van der Waals surface area contributed by atoms with E-state index in [2.05, 4.69) is 17.6 Å². The lowest BCUT2D eigenvalue weighted by Crippen LogP contribution is -2.50. The average Bonchev–Trinajstić information content (AvgIpc) is 2.44. The highest BCUT2D eigenvalue weighted by Crippen LogP contribution is 2.27. The summed E-state index contributed by atoms with van der Waals surface area (Å²) in [4.78, 5) is 12.0. The summed E-state index contributed by atoms with van der Waals surface area (Å²) < 4.78 is 4.97. The molecule has 0 aliphatic heterocycles. The van der Waals surface area contributed by atoms with E-state index in [1.807, 2.05) is 6.92 Å². The molecule has 1 amide bonds. The summed E-state index contributed by atoms with van der Waals surface area (Å²) in [5.74, 6) is 0.842. The molecular weight excluding hydrogens is 240 g/mol. The Morgan fingerprint density at radius 3 is 2.79 bits per heavy atom.